The zero-order chi connectivity index (χ0) is 17.2. The molecular formula is C15H25N5O2S. The van der Waals surface area contributed by atoms with E-state index in [1.165, 1.54) is 6.26 Å². The van der Waals surface area contributed by atoms with Gasteiger partial charge in [0.1, 0.15) is 15.7 Å². The molecule has 0 N–H and O–H groups in total. The van der Waals surface area contributed by atoms with E-state index in [0.717, 1.165) is 41.4 Å². The fourth-order valence-corrected chi connectivity index (χ4v) is 3.05. The maximum absolute atomic E-state index is 11.4. The summed E-state index contributed by atoms with van der Waals surface area (Å²) in [5, 5.41) is 9.03. The van der Waals surface area contributed by atoms with Crippen LogP contribution in [0.4, 0.5) is 0 Å². The Morgan fingerprint density at radius 1 is 1.04 bits per heavy atom. The molecule has 0 spiro atoms. The van der Waals surface area contributed by atoms with Gasteiger partial charge in [0.05, 0.1) is 24.5 Å². The number of aromatic nitrogens is 5. The molecule has 2 rings (SSSR count). The summed E-state index contributed by atoms with van der Waals surface area (Å²) in [6.07, 6.45) is 2.88. The van der Waals surface area contributed by atoms with E-state index in [0.29, 0.717) is 13.1 Å². The molecule has 23 heavy (non-hydrogen) atoms. The van der Waals surface area contributed by atoms with Gasteiger partial charge < -0.3 is 0 Å². The fourth-order valence-electron chi connectivity index (χ4n) is 2.55. The Morgan fingerprint density at radius 3 is 2.30 bits per heavy atom. The molecule has 0 atom stereocenters. The van der Waals surface area contributed by atoms with Crippen LogP contribution in [0.3, 0.4) is 0 Å². The third-order valence-electron chi connectivity index (χ3n) is 3.94. The zero-order valence-electron chi connectivity index (χ0n) is 14.5. The Labute approximate surface area is 137 Å². The first-order valence-electron chi connectivity index (χ1n) is 7.88. The van der Waals surface area contributed by atoms with Crippen LogP contribution in [0.1, 0.15) is 42.4 Å². The number of nitrogens with zero attached hydrogens (tertiary/aromatic N) is 5. The molecule has 0 saturated heterocycles. The lowest BCUT2D eigenvalue weighted by Gasteiger charge is -2.06. The Morgan fingerprint density at radius 2 is 1.74 bits per heavy atom. The van der Waals surface area contributed by atoms with Crippen LogP contribution in [0.5, 0.6) is 0 Å². The SMILES string of the molecule is CCc1nc(CC)n(Cc2c(C)nn(CCS(C)(=O)=O)c2C)n1. The molecule has 0 amide bonds. The molecule has 0 aliphatic carbocycles. The molecule has 2 aromatic rings. The summed E-state index contributed by atoms with van der Waals surface area (Å²) in [5.41, 5.74) is 2.98. The molecule has 2 heterocycles. The van der Waals surface area contributed by atoms with Gasteiger partial charge in [-0.3, -0.25) is 4.68 Å². The lowest BCUT2D eigenvalue weighted by atomic mass is 10.2. The average molecular weight is 339 g/mol. The molecule has 0 aromatic carbocycles. The van der Waals surface area contributed by atoms with Gasteiger partial charge in [-0.1, -0.05) is 13.8 Å². The van der Waals surface area contributed by atoms with Crippen LogP contribution < -0.4 is 0 Å². The van der Waals surface area contributed by atoms with Crippen LogP contribution in [-0.4, -0.2) is 45.0 Å². The molecule has 0 radical (unpaired) electrons. The summed E-state index contributed by atoms with van der Waals surface area (Å²) in [5.74, 6) is 1.91. The Balaban J connectivity index is 2.27. The minimum Gasteiger partial charge on any atom is -0.268 e. The van der Waals surface area contributed by atoms with Gasteiger partial charge in [-0.15, -0.1) is 0 Å². The largest absolute Gasteiger partial charge is 0.268 e. The van der Waals surface area contributed by atoms with Gasteiger partial charge in [0.25, 0.3) is 0 Å². The third-order valence-corrected chi connectivity index (χ3v) is 4.86. The van der Waals surface area contributed by atoms with Crippen LogP contribution in [0, 0.1) is 13.8 Å². The van der Waals surface area contributed by atoms with E-state index in [-0.39, 0.29) is 5.75 Å². The first-order chi connectivity index (χ1) is 10.7. The molecule has 0 saturated carbocycles. The van der Waals surface area contributed by atoms with E-state index in [1.807, 2.05) is 25.5 Å². The van der Waals surface area contributed by atoms with Crippen LogP contribution in [0.2, 0.25) is 0 Å². The fraction of sp³-hybridized carbons (Fsp3) is 0.667. The minimum absolute atomic E-state index is 0.0952. The number of aryl methyl sites for hydroxylation is 4. The predicted octanol–water partition coefficient (Wildman–Crippen LogP) is 1.31. The summed E-state index contributed by atoms with van der Waals surface area (Å²) in [6.45, 7) is 9.02. The van der Waals surface area contributed by atoms with Gasteiger partial charge in [-0.25, -0.2) is 18.1 Å². The third kappa shape index (κ3) is 4.19. The minimum atomic E-state index is -3.00. The highest BCUT2D eigenvalue weighted by Crippen LogP contribution is 2.16. The van der Waals surface area contributed by atoms with E-state index in [9.17, 15) is 8.42 Å². The van der Waals surface area contributed by atoms with E-state index in [2.05, 4.69) is 22.1 Å². The van der Waals surface area contributed by atoms with E-state index in [1.54, 1.807) is 4.68 Å². The number of hydrogen-bond donors (Lipinski definition) is 0. The van der Waals surface area contributed by atoms with Crippen molar-refractivity contribution < 1.29 is 8.42 Å². The standard InChI is InChI=1S/C15H25N5O2S/c1-6-14-16-15(7-2)20(18-14)10-13-11(3)17-19(12(13)4)8-9-23(5,21)22/h6-10H2,1-5H3. The van der Waals surface area contributed by atoms with Crippen LogP contribution >= 0.6 is 0 Å². The Hall–Kier alpha value is -1.70. The quantitative estimate of drug-likeness (QED) is 0.759. The van der Waals surface area contributed by atoms with E-state index >= 15 is 0 Å². The van der Waals surface area contributed by atoms with Crippen LogP contribution in [-0.2, 0) is 35.8 Å². The number of rotatable bonds is 7. The summed E-state index contributed by atoms with van der Waals surface area (Å²) < 4.78 is 26.4. The highest BCUT2D eigenvalue weighted by atomic mass is 32.2. The summed E-state index contributed by atoms with van der Waals surface area (Å²) >= 11 is 0. The summed E-state index contributed by atoms with van der Waals surface area (Å²) in [7, 11) is -3.00. The molecule has 128 valence electrons. The smallest absolute Gasteiger partial charge is 0.150 e. The van der Waals surface area contributed by atoms with Crippen molar-refractivity contribution in [3.05, 3.63) is 28.6 Å². The molecule has 0 unspecified atom stereocenters. The van der Waals surface area contributed by atoms with E-state index in [4.69, 9.17) is 0 Å². The molecule has 0 aliphatic rings. The monoisotopic (exact) mass is 339 g/mol. The molecule has 0 aliphatic heterocycles. The maximum atomic E-state index is 11.4. The van der Waals surface area contributed by atoms with Crippen molar-refractivity contribution in [2.45, 2.75) is 53.6 Å². The van der Waals surface area contributed by atoms with Crippen molar-refractivity contribution in [1.29, 1.82) is 0 Å². The highest BCUT2D eigenvalue weighted by molar-refractivity contribution is 7.90. The lowest BCUT2D eigenvalue weighted by molar-refractivity contribution is 0.580. The second kappa shape index (κ2) is 6.82. The van der Waals surface area contributed by atoms with Gasteiger partial charge >= 0.3 is 0 Å². The Bertz CT molecular complexity index is 789. The maximum Gasteiger partial charge on any atom is 0.150 e. The van der Waals surface area contributed by atoms with Gasteiger partial charge in [0.2, 0.25) is 0 Å². The summed E-state index contributed by atoms with van der Waals surface area (Å²) in [4.78, 5) is 4.52. The molecule has 2 aromatic heterocycles. The van der Waals surface area contributed by atoms with Crippen LogP contribution in [0.15, 0.2) is 0 Å². The highest BCUT2D eigenvalue weighted by Gasteiger charge is 2.16. The van der Waals surface area contributed by atoms with Gasteiger partial charge in [0, 0.05) is 30.4 Å². The van der Waals surface area contributed by atoms with E-state index < -0.39 is 9.84 Å². The van der Waals surface area contributed by atoms with Crippen molar-refractivity contribution in [2.75, 3.05) is 12.0 Å². The first-order valence-corrected chi connectivity index (χ1v) is 9.94. The van der Waals surface area contributed by atoms with Crippen molar-refractivity contribution in [3.63, 3.8) is 0 Å². The number of sulfone groups is 1. The predicted molar refractivity (Wildman–Crippen MR) is 89.3 cm³/mol. The summed E-state index contributed by atoms with van der Waals surface area (Å²) in [6, 6.07) is 0. The van der Waals surface area contributed by atoms with Crippen molar-refractivity contribution in [3.8, 4) is 0 Å². The second-order valence-corrected chi connectivity index (χ2v) is 8.07. The van der Waals surface area contributed by atoms with Gasteiger partial charge in [0.15, 0.2) is 5.82 Å². The topological polar surface area (TPSA) is 82.7 Å². The average Bonchev–Trinajstić information content (AvgIpc) is 3.00. The zero-order valence-corrected chi connectivity index (χ0v) is 15.3. The van der Waals surface area contributed by atoms with Gasteiger partial charge in [-0.2, -0.15) is 10.2 Å². The molecule has 7 nitrogen and oxygen atoms in total. The first kappa shape index (κ1) is 17.7. The lowest BCUT2D eigenvalue weighted by Crippen LogP contribution is -2.14. The van der Waals surface area contributed by atoms with Gasteiger partial charge in [-0.05, 0) is 13.8 Å². The molecular weight excluding hydrogens is 314 g/mol. The second-order valence-electron chi connectivity index (χ2n) is 5.81. The molecule has 0 bridgehead atoms. The van der Waals surface area contributed by atoms with Crippen molar-refractivity contribution in [1.82, 2.24) is 24.5 Å². The normalized spacial score (nSPS) is 12.0. The van der Waals surface area contributed by atoms with Crippen LogP contribution in [0.25, 0.3) is 0 Å². The molecule has 8 heteroatoms. The van der Waals surface area contributed by atoms with Crippen molar-refractivity contribution in [2.24, 2.45) is 0 Å². The molecule has 0 fully saturated rings. The number of hydrogen-bond acceptors (Lipinski definition) is 5. The van der Waals surface area contributed by atoms with Crippen molar-refractivity contribution >= 4 is 9.84 Å². The Kier molecular flexibility index (Phi) is 5.23.